The van der Waals surface area contributed by atoms with Gasteiger partial charge in [0, 0.05) is 29.9 Å². The summed E-state index contributed by atoms with van der Waals surface area (Å²) in [6.07, 6.45) is 8.09. The van der Waals surface area contributed by atoms with Crippen molar-refractivity contribution in [2.45, 2.75) is 58.8 Å². The maximum absolute atomic E-state index is 12.8. The summed E-state index contributed by atoms with van der Waals surface area (Å²) < 4.78 is 5.77. The van der Waals surface area contributed by atoms with Crippen LogP contribution in [0.2, 0.25) is 0 Å². The van der Waals surface area contributed by atoms with Crippen LogP contribution in [0.5, 0.6) is 5.75 Å². The van der Waals surface area contributed by atoms with Gasteiger partial charge in [-0.15, -0.1) is 0 Å². The first-order valence-corrected chi connectivity index (χ1v) is 12.0. The van der Waals surface area contributed by atoms with Crippen molar-refractivity contribution in [2.75, 3.05) is 25.0 Å². The van der Waals surface area contributed by atoms with Crippen LogP contribution in [0.25, 0.3) is 0 Å². The first-order valence-electron chi connectivity index (χ1n) is 12.0. The van der Waals surface area contributed by atoms with Gasteiger partial charge in [-0.1, -0.05) is 45.6 Å². The molecule has 1 heterocycles. The number of anilines is 1. The summed E-state index contributed by atoms with van der Waals surface area (Å²) in [5.74, 6) is 1.28. The second-order valence-electron chi connectivity index (χ2n) is 8.80. The van der Waals surface area contributed by atoms with E-state index in [1.54, 1.807) is 18.2 Å². The molecule has 0 aliphatic carbocycles. The molecule has 0 spiro atoms. The van der Waals surface area contributed by atoms with Crippen molar-refractivity contribution in [1.82, 2.24) is 4.90 Å². The van der Waals surface area contributed by atoms with Crippen LogP contribution in [-0.2, 0) is 0 Å². The molecule has 2 aromatic carbocycles. The van der Waals surface area contributed by atoms with Crippen LogP contribution in [0.3, 0.4) is 0 Å². The van der Waals surface area contributed by atoms with E-state index in [1.807, 2.05) is 35.2 Å². The number of rotatable bonds is 10. The number of amides is 2. The van der Waals surface area contributed by atoms with Crippen molar-refractivity contribution in [3.05, 3.63) is 59.7 Å². The summed E-state index contributed by atoms with van der Waals surface area (Å²) >= 11 is 0. The molecule has 0 unspecified atom stereocenters. The summed E-state index contributed by atoms with van der Waals surface area (Å²) in [7, 11) is 0. The van der Waals surface area contributed by atoms with Crippen LogP contribution >= 0.6 is 0 Å². The number of nitrogens with one attached hydrogen (secondary N) is 1. The Labute approximate surface area is 192 Å². The van der Waals surface area contributed by atoms with E-state index in [0.717, 1.165) is 38.1 Å². The molecule has 1 saturated heterocycles. The fraction of sp³-hybridized carbons (Fsp3) is 0.481. The smallest absolute Gasteiger partial charge is 0.255 e. The Morgan fingerprint density at radius 3 is 2.41 bits per heavy atom. The molecule has 2 amide bonds. The molecule has 1 N–H and O–H groups in total. The number of unbranched alkanes of at least 4 members (excludes halogenated alkanes) is 4. The molecule has 172 valence electrons. The highest BCUT2D eigenvalue weighted by Crippen LogP contribution is 2.20. The standard InChI is InChI=1S/C27H36N2O3/c1-3-4-5-6-7-19-32-25-13-11-22(12-14-25)26(30)28-24-10-8-9-23(20-24)27(31)29-17-15-21(2)16-18-29/h8-14,20-21H,3-7,15-19H2,1-2H3,(H,28,30). The van der Waals surface area contributed by atoms with Gasteiger partial charge >= 0.3 is 0 Å². The van der Waals surface area contributed by atoms with Gasteiger partial charge in [0.15, 0.2) is 0 Å². The molecule has 0 atom stereocenters. The van der Waals surface area contributed by atoms with E-state index in [9.17, 15) is 9.59 Å². The number of piperidine rings is 1. The van der Waals surface area contributed by atoms with Crippen molar-refractivity contribution in [3.8, 4) is 5.75 Å². The van der Waals surface area contributed by atoms with Gasteiger partial charge in [-0.05, 0) is 67.6 Å². The maximum atomic E-state index is 12.8. The fourth-order valence-corrected chi connectivity index (χ4v) is 3.93. The van der Waals surface area contributed by atoms with E-state index in [0.29, 0.717) is 29.3 Å². The van der Waals surface area contributed by atoms with E-state index in [4.69, 9.17) is 4.74 Å². The number of hydrogen-bond donors (Lipinski definition) is 1. The number of benzene rings is 2. The van der Waals surface area contributed by atoms with Gasteiger partial charge in [0.1, 0.15) is 5.75 Å². The van der Waals surface area contributed by atoms with Crippen molar-refractivity contribution in [3.63, 3.8) is 0 Å². The molecule has 2 aromatic rings. The Balaban J connectivity index is 1.51. The molecule has 1 fully saturated rings. The molecule has 0 saturated carbocycles. The van der Waals surface area contributed by atoms with Crippen LogP contribution in [-0.4, -0.2) is 36.4 Å². The fourth-order valence-electron chi connectivity index (χ4n) is 3.93. The molecule has 3 rings (SSSR count). The summed E-state index contributed by atoms with van der Waals surface area (Å²) in [4.78, 5) is 27.4. The monoisotopic (exact) mass is 436 g/mol. The molecule has 1 aliphatic heterocycles. The Bertz CT molecular complexity index is 871. The number of carbonyl (C=O) groups is 2. The minimum Gasteiger partial charge on any atom is -0.494 e. The number of hydrogen-bond acceptors (Lipinski definition) is 3. The van der Waals surface area contributed by atoms with Crippen LogP contribution in [0.1, 0.15) is 79.5 Å². The van der Waals surface area contributed by atoms with Crippen molar-refractivity contribution in [1.29, 1.82) is 0 Å². The average Bonchev–Trinajstić information content (AvgIpc) is 2.82. The normalized spacial score (nSPS) is 14.2. The number of carbonyl (C=O) groups excluding carboxylic acids is 2. The molecule has 0 radical (unpaired) electrons. The predicted octanol–water partition coefficient (Wildman–Crippen LogP) is 6.16. The zero-order valence-electron chi connectivity index (χ0n) is 19.4. The third kappa shape index (κ3) is 7.11. The molecule has 5 heteroatoms. The Hall–Kier alpha value is -2.82. The van der Waals surface area contributed by atoms with Crippen molar-refractivity contribution < 1.29 is 14.3 Å². The summed E-state index contributed by atoms with van der Waals surface area (Å²) in [5.41, 5.74) is 1.79. The second kappa shape index (κ2) is 12.3. The first kappa shape index (κ1) is 23.8. The van der Waals surface area contributed by atoms with Gasteiger partial charge < -0.3 is 15.0 Å². The van der Waals surface area contributed by atoms with Gasteiger partial charge in [0.2, 0.25) is 0 Å². The number of ether oxygens (including phenoxy) is 1. The Kier molecular flexibility index (Phi) is 9.14. The zero-order valence-corrected chi connectivity index (χ0v) is 19.4. The van der Waals surface area contributed by atoms with Crippen molar-refractivity contribution in [2.24, 2.45) is 5.92 Å². The number of nitrogens with zero attached hydrogens (tertiary/aromatic N) is 1. The van der Waals surface area contributed by atoms with E-state index in [2.05, 4.69) is 19.2 Å². The van der Waals surface area contributed by atoms with Gasteiger partial charge in [-0.2, -0.15) is 0 Å². The Morgan fingerprint density at radius 1 is 0.969 bits per heavy atom. The maximum Gasteiger partial charge on any atom is 0.255 e. The summed E-state index contributed by atoms with van der Waals surface area (Å²) in [6, 6.07) is 14.4. The van der Waals surface area contributed by atoms with E-state index >= 15 is 0 Å². The lowest BCUT2D eigenvalue weighted by Gasteiger charge is -2.30. The quantitative estimate of drug-likeness (QED) is 0.454. The SMILES string of the molecule is CCCCCCCOc1ccc(C(=O)Nc2cccc(C(=O)N3CCC(C)CC3)c2)cc1. The van der Waals surface area contributed by atoms with Crippen LogP contribution < -0.4 is 10.1 Å². The van der Waals surface area contributed by atoms with E-state index in [-0.39, 0.29) is 11.8 Å². The van der Waals surface area contributed by atoms with E-state index < -0.39 is 0 Å². The summed E-state index contributed by atoms with van der Waals surface area (Å²) in [6.45, 7) is 6.73. The third-order valence-corrected chi connectivity index (χ3v) is 6.07. The molecule has 0 aromatic heterocycles. The van der Waals surface area contributed by atoms with Crippen LogP contribution in [0.4, 0.5) is 5.69 Å². The van der Waals surface area contributed by atoms with Gasteiger partial charge in [0.05, 0.1) is 6.61 Å². The Morgan fingerprint density at radius 2 is 1.69 bits per heavy atom. The van der Waals surface area contributed by atoms with Crippen LogP contribution in [0.15, 0.2) is 48.5 Å². The topological polar surface area (TPSA) is 58.6 Å². The van der Waals surface area contributed by atoms with Gasteiger partial charge in [0.25, 0.3) is 11.8 Å². The molecular weight excluding hydrogens is 400 g/mol. The lowest BCUT2D eigenvalue weighted by Crippen LogP contribution is -2.37. The first-order chi connectivity index (χ1) is 15.6. The largest absolute Gasteiger partial charge is 0.494 e. The lowest BCUT2D eigenvalue weighted by atomic mass is 9.98. The number of likely N-dealkylation sites (tertiary alicyclic amines) is 1. The highest BCUT2D eigenvalue weighted by molar-refractivity contribution is 6.05. The predicted molar refractivity (Wildman–Crippen MR) is 129 cm³/mol. The van der Waals surface area contributed by atoms with Gasteiger partial charge in [-0.25, -0.2) is 0 Å². The second-order valence-corrected chi connectivity index (χ2v) is 8.80. The average molecular weight is 437 g/mol. The third-order valence-electron chi connectivity index (χ3n) is 6.07. The van der Waals surface area contributed by atoms with E-state index in [1.165, 1.54) is 25.7 Å². The minimum absolute atomic E-state index is 0.0317. The highest BCUT2D eigenvalue weighted by Gasteiger charge is 2.21. The lowest BCUT2D eigenvalue weighted by molar-refractivity contribution is 0.0697. The molecular formula is C27H36N2O3. The van der Waals surface area contributed by atoms with Gasteiger partial charge in [-0.3, -0.25) is 9.59 Å². The molecule has 32 heavy (non-hydrogen) atoms. The molecule has 0 bridgehead atoms. The van der Waals surface area contributed by atoms with Crippen LogP contribution in [0, 0.1) is 5.92 Å². The zero-order chi connectivity index (χ0) is 22.8. The molecule has 5 nitrogen and oxygen atoms in total. The highest BCUT2D eigenvalue weighted by atomic mass is 16.5. The molecule has 1 aliphatic rings. The summed E-state index contributed by atoms with van der Waals surface area (Å²) in [5, 5.41) is 2.90. The van der Waals surface area contributed by atoms with Crippen molar-refractivity contribution >= 4 is 17.5 Å². The minimum atomic E-state index is -0.201.